The van der Waals surface area contributed by atoms with E-state index in [0.717, 1.165) is 12.3 Å². The average molecular weight is 225 g/mol. The number of aliphatic hydroxyl groups is 1. The number of hydrogen-bond acceptors (Lipinski definition) is 2. The molecule has 2 atom stereocenters. The van der Waals surface area contributed by atoms with Crippen molar-refractivity contribution in [1.82, 2.24) is 4.90 Å². The van der Waals surface area contributed by atoms with Gasteiger partial charge in [-0.3, -0.25) is 0 Å². The zero-order valence-corrected chi connectivity index (χ0v) is 10.7. The van der Waals surface area contributed by atoms with Crippen LogP contribution in [0.5, 0.6) is 0 Å². The second-order valence-corrected chi connectivity index (χ2v) is 5.79. The van der Waals surface area contributed by atoms with Gasteiger partial charge in [0.2, 0.25) is 0 Å². The molecular weight excluding hydrogens is 198 g/mol. The van der Waals surface area contributed by atoms with Gasteiger partial charge in [-0.15, -0.1) is 0 Å². The Morgan fingerprint density at radius 2 is 1.94 bits per heavy atom. The molecule has 0 spiro atoms. The summed E-state index contributed by atoms with van der Waals surface area (Å²) in [6.07, 6.45) is 8.92. The first-order chi connectivity index (χ1) is 7.79. The summed E-state index contributed by atoms with van der Waals surface area (Å²) in [5.74, 6) is 1.60. The maximum Gasteiger partial charge on any atom is 0.0568 e. The van der Waals surface area contributed by atoms with Crippen LogP contribution in [0.25, 0.3) is 0 Å². The van der Waals surface area contributed by atoms with E-state index in [1.54, 1.807) is 0 Å². The molecule has 2 saturated carbocycles. The molecule has 94 valence electrons. The minimum atomic E-state index is 0.00408. The van der Waals surface area contributed by atoms with Gasteiger partial charge in [0.05, 0.1) is 6.10 Å². The second kappa shape index (κ2) is 6.02. The van der Waals surface area contributed by atoms with Gasteiger partial charge >= 0.3 is 0 Å². The van der Waals surface area contributed by atoms with E-state index in [1.807, 2.05) is 0 Å². The molecule has 2 aliphatic rings. The van der Waals surface area contributed by atoms with Crippen molar-refractivity contribution in [3.8, 4) is 0 Å². The largest absolute Gasteiger partial charge is 0.393 e. The predicted molar refractivity (Wildman–Crippen MR) is 67.4 cm³/mol. The molecule has 0 radical (unpaired) electrons. The first kappa shape index (κ1) is 12.4. The highest BCUT2D eigenvalue weighted by atomic mass is 16.3. The summed E-state index contributed by atoms with van der Waals surface area (Å²) in [6.45, 7) is 6.05. The van der Waals surface area contributed by atoms with E-state index in [2.05, 4.69) is 11.8 Å². The second-order valence-electron chi connectivity index (χ2n) is 5.79. The topological polar surface area (TPSA) is 23.5 Å². The van der Waals surface area contributed by atoms with Crippen molar-refractivity contribution in [2.75, 3.05) is 19.6 Å². The lowest BCUT2D eigenvalue weighted by molar-refractivity contribution is 0.117. The highest BCUT2D eigenvalue weighted by Gasteiger charge is 2.27. The summed E-state index contributed by atoms with van der Waals surface area (Å²) in [7, 11) is 0. The lowest BCUT2D eigenvalue weighted by Crippen LogP contribution is -2.30. The standard InChI is InChI=1S/C14H27NO/c1-2-9-15(11-12-6-7-12)10-8-13-4-3-5-14(13)16/h12-14,16H,2-11H2,1H3. The van der Waals surface area contributed by atoms with Gasteiger partial charge in [0.15, 0.2) is 0 Å². The smallest absolute Gasteiger partial charge is 0.0568 e. The Kier molecular flexibility index (Phi) is 4.66. The van der Waals surface area contributed by atoms with Gasteiger partial charge in [-0.1, -0.05) is 13.3 Å². The summed E-state index contributed by atoms with van der Waals surface area (Å²) < 4.78 is 0. The van der Waals surface area contributed by atoms with Crippen molar-refractivity contribution in [2.45, 2.75) is 58.0 Å². The molecule has 0 amide bonds. The van der Waals surface area contributed by atoms with Gasteiger partial charge in [-0.2, -0.15) is 0 Å². The number of aliphatic hydroxyl groups excluding tert-OH is 1. The zero-order chi connectivity index (χ0) is 11.4. The fraction of sp³-hybridized carbons (Fsp3) is 1.00. The van der Waals surface area contributed by atoms with Crippen LogP contribution >= 0.6 is 0 Å². The fourth-order valence-corrected chi connectivity index (χ4v) is 2.98. The fourth-order valence-electron chi connectivity index (χ4n) is 2.98. The Labute approximate surface area is 100 Å². The van der Waals surface area contributed by atoms with E-state index in [1.165, 1.54) is 58.2 Å². The van der Waals surface area contributed by atoms with Crippen LogP contribution in [0.15, 0.2) is 0 Å². The van der Waals surface area contributed by atoms with Crippen LogP contribution in [0.3, 0.4) is 0 Å². The Balaban J connectivity index is 1.67. The van der Waals surface area contributed by atoms with E-state index in [-0.39, 0.29) is 6.10 Å². The molecule has 16 heavy (non-hydrogen) atoms. The van der Waals surface area contributed by atoms with Crippen LogP contribution in [0.4, 0.5) is 0 Å². The van der Waals surface area contributed by atoms with E-state index in [0.29, 0.717) is 5.92 Å². The third-order valence-electron chi connectivity index (χ3n) is 4.19. The summed E-state index contributed by atoms with van der Waals surface area (Å²) in [5.41, 5.74) is 0. The van der Waals surface area contributed by atoms with E-state index in [9.17, 15) is 5.11 Å². The van der Waals surface area contributed by atoms with E-state index >= 15 is 0 Å². The molecule has 1 N–H and O–H groups in total. The van der Waals surface area contributed by atoms with Crippen molar-refractivity contribution in [3.05, 3.63) is 0 Å². The number of hydrogen-bond donors (Lipinski definition) is 1. The Bertz CT molecular complexity index is 203. The normalized spacial score (nSPS) is 30.2. The van der Waals surface area contributed by atoms with Gasteiger partial charge in [-0.05, 0) is 63.5 Å². The number of rotatable bonds is 7. The highest BCUT2D eigenvalue weighted by Crippen LogP contribution is 2.31. The Hall–Kier alpha value is -0.0800. The molecule has 0 heterocycles. The first-order valence-electron chi connectivity index (χ1n) is 7.20. The van der Waals surface area contributed by atoms with Crippen LogP contribution in [-0.2, 0) is 0 Å². The SMILES string of the molecule is CCCN(CCC1CCCC1O)CC1CC1. The molecule has 0 aromatic heterocycles. The summed E-state index contributed by atoms with van der Waals surface area (Å²) in [4.78, 5) is 2.63. The van der Waals surface area contributed by atoms with Crippen LogP contribution in [-0.4, -0.2) is 35.7 Å². The number of nitrogens with zero attached hydrogens (tertiary/aromatic N) is 1. The molecule has 2 nitrogen and oxygen atoms in total. The third-order valence-corrected chi connectivity index (χ3v) is 4.19. The lowest BCUT2D eigenvalue weighted by Gasteiger charge is -2.24. The Morgan fingerprint density at radius 3 is 2.50 bits per heavy atom. The minimum absolute atomic E-state index is 0.00408. The molecule has 2 fully saturated rings. The minimum Gasteiger partial charge on any atom is -0.393 e. The molecule has 0 saturated heterocycles. The summed E-state index contributed by atoms with van der Waals surface area (Å²) in [6, 6.07) is 0. The molecule has 2 heteroatoms. The van der Waals surface area contributed by atoms with Gasteiger partial charge < -0.3 is 10.0 Å². The van der Waals surface area contributed by atoms with Gasteiger partial charge in [0.25, 0.3) is 0 Å². The van der Waals surface area contributed by atoms with E-state index in [4.69, 9.17) is 0 Å². The van der Waals surface area contributed by atoms with Crippen molar-refractivity contribution in [2.24, 2.45) is 11.8 Å². The molecule has 0 aromatic carbocycles. The van der Waals surface area contributed by atoms with Crippen molar-refractivity contribution >= 4 is 0 Å². The quantitative estimate of drug-likeness (QED) is 0.720. The molecule has 2 aliphatic carbocycles. The maximum absolute atomic E-state index is 9.81. The van der Waals surface area contributed by atoms with Gasteiger partial charge in [-0.25, -0.2) is 0 Å². The van der Waals surface area contributed by atoms with Crippen LogP contribution < -0.4 is 0 Å². The van der Waals surface area contributed by atoms with Gasteiger partial charge in [0, 0.05) is 6.54 Å². The molecule has 2 unspecified atom stereocenters. The van der Waals surface area contributed by atoms with Crippen molar-refractivity contribution in [1.29, 1.82) is 0 Å². The van der Waals surface area contributed by atoms with Crippen molar-refractivity contribution < 1.29 is 5.11 Å². The summed E-state index contributed by atoms with van der Waals surface area (Å²) >= 11 is 0. The molecule has 0 aliphatic heterocycles. The molecular formula is C14H27NO. The Morgan fingerprint density at radius 1 is 1.12 bits per heavy atom. The van der Waals surface area contributed by atoms with Crippen LogP contribution in [0.2, 0.25) is 0 Å². The van der Waals surface area contributed by atoms with Crippen LogP contribution in [0.1, 0.15) is 51.9 Å². The van der Waals surface area contributed by atoms with Crippen molar-refractivity contribution in [3.63, 3.8) is 0 Å². The average Bonchev–Trinajstić information content (AvgIpc) is 2.98. The first-order valence-corrected chi connectivity index (χ1v) is 7.20. The zero-order valence-electron chi connectivity index (χ0n) is 10.7. The highest BCUT2D eigenvalue weighted by molar-refractivity contribution is 4.80. The molecule has 0 bridgehead atoms. The third kappa shape index (κ3) is 3.74. The summed E-state index contributed by atoms with van der Waals surface area (Å²) in [5, 5.41) is 9.81. The predicted octanol–water partition coefficient (Wildman–Crippen LogP) is 2.66. The molecule has 2 rings (SSSR count). The molecule has 0 aromatic rings. The monoisotopic (exact) mass is 225 g/mol. The van der Waals surface area contributed by atoms with Gasteiger partial charge in [0.1, 0.15) is 0 Å². The van der Waals surface area contributed by atoms with Crippen LogP contribution in [0, 0.1) is 11.8 Å². The maximum atomic E-state index is 9.81. The lowest BCUT2D eigenvalue weighted by atomic mass is 10.0. The van der Waals surface area contributed by atoms with E-state index < -0.39 is 0 Å².